The standard InChI is InChI=1S/C17H20N2O2S/c1-21-15-4-2-12(3-5-15)13-6-7-19(9-13)10-16-8-14(11-22-16)17(18)20/h2-5,8,11,13H,6-7,9-10H2,1H3,(H2,18,20). The Morgan fingerprint density at radius 1 is 1.41 bits per heavy atom. The molecule has 0 radical (unpaired) electrons. The van der Waals surface area contributed by atoms with Crippen molar-refractivity contribution in [3.63, 3.8) is 0 Å². The van der Waals surface area contributed by atoms with Gasteiger partial charge in [-0.15, -0.1) is 11.3 Å². The van der Waals surface area contributed by atoms with Crippen LogP contribution in [0.5, 0.6) is 5.75 Å². The Labute approximate surface area is 134 Å². The number of thiophene rings is 1. The van der Waals surface area contributed by atoms with Gasteiger partial charge in [0.1, 0.15) is 5.75 Å². The summed E-state index contributed by atoms with van der Waals surface area (Å²) in [7, 11) is 1.69. The summed E-state index contributed by atoms with van der Waals surface area (Å²) in [4.78, 5) is 14.8. The number of hydrogen-bond donors (Lipinski definition) is 1. The topological polar surface area (TPSA) is 55.6 Å². The minimum atomic E-state index is -0.347. The van der Waals surface area contributed by atoms with E-state index in [0.717, 1.165) is 25.4 Å². The molecule has 1 aliphatic heterocycles. The fraction of sp³-hybridized carbons (Fsp3) is 0.353. The maximum atomic E-state index is 11.1. The summed E-state index contributed by atoms with van der Waals surface area (Å²) in [6, 6.07) is 10.3. The summed E-state index contributed by atoms with van der Waals surface area (Å²) < 4.78 is 5.21. The molecule has 1 saturated heterocycles. The largest absolute Gasteiger partial charge is 0.497 e. The van der Waals surface area contributed by atoms with Crippen molar-refractivity contribution in [2.45, 2.75) is 18.9 Å². The van der Waals surface area contributed by atoms with Crippen LogP contribution in [0.1, 0.15) is 33.1 Å². The molecular formula is C17H20N2O2S. The summed E-state index contributed by atoms with van der Waals surface area (Å²) in [5, 5.41) is 1.84. The van der Waals surface area contributed by atoms with Crippen LogP contribution in [0.4, 0.5) is 0 Å². The van der Waals surface area contributed by atoms with E-state index >= 15 is 0 Å². The highest BCUT2D eigenvalue weighted by Gasteiger charge is 2.24. The molecule has 0 bridgehead atoms. The highest BCUT2D eigenvalue weighted by Crippen LogP contribution is 2.30. The Hall–Kier alpha value is -1.85. The van der Waals surface area contributed by atoms with E-state index in [2.05, 4.69) is 17.0 Å². The summed E-state index contributed by atoms with van der Waals surface area (Å²) in [5.74, 6) is 1.12. The molecule has 1 fully saturated rings. The van der Waals surface area contributed by atoms with Gasteiger partial charge in [-0.25, -0.2) is 0 Å². The van der Waals surface area contributed by atoms with Crippen molar-refractivity contribution < 1.29 is 9.53 Å². The van der Waals surface area contributed by atoms with Crippen LogP contribution in [0.25, 0.3) is 0 Å². The third-order valence-electron chi connectivity index (χ3n) is 4.18. The number of primary amides is 1. The maximum Gasteiger partial charge on any atom is 0.249 e. The van der Waals surface area contributed by atoms with Gasteiger partial charge in [0.25, 0.3) is 0 Å². The third kappa shape index (κ3) is 3.31. The number of carbonyl (C=O) groups excluding carboxylic acids is 1. The second kappa shape index (κ2) is 6.50. The third-order valence-corrected chi connectivity index (χ3v) is 5.10. The lowest BCUT2D eigenvalue weighted by Crippen LogP contribution is -2.19. The molecule has 22 heavy (non-hydrogen) atoms. The maximum absolute atomic E-state index is 11.1. The zero-order valence-corrected chi connectivity index (χ0v) is 13.4. The number of hydrogen-bond acceptors (Lipinski definition) is 4. The highest BCUT2D eigenvalue weighted by molar-refractivity contribution is 7.10. The van der Waals surface area contributed by atoms with Gasteiger partial charge in [-0.2, -0.15) is 0 Å². The molecule has 1 aromatic heterocycles. The van der Waals surface area contributed by atoms with Gasteiger partial charge in [0.05, 0.1) is 12.7 Å². The van der Waals surface area contributed by atoms with Crippen molar-refractivity contribution in [2.24, 2.45) is 5.73 Å². The predicted octanol–water partition coefficient (Wildman–Crippen LogP) is 2.85. The van der Waals surface area contributed by atoms with Crippen LogP contribution in [0.15, 0.2) is 35.7 Å². The number of nitrogens with zero attached hydrogens (tertiary/aromatic N) is 1. The number of methoxy groups -OCH3 is 1. The smallest absolute Gasteiger partial charge is 0.249 e. The first-order chi connectivity index (χ1) is 10.7. The molecule has 1 unspecified atom stereocenters. The van der Waals surface area contributed by atoms with Gasteiger partial charge in [-0.05, 0) is 42.6 Å². The van der Waals surface area contributed by atoms with Gasteiger partial charge in [-0.3, -0.25) is 9.69 Å². The van der Waals surface area contributed by atoms with E-state index in [-0.39, 0.29) is 5.91 Å². The van der Waals surface area contributed by atoms with Crippen LogP contribution >= 0.6 is 11.3 Å². The molecular weight excluding hydrogens is 296 g/mol. The number of nitrogens with two attached hydrogens (primary N) is 1. The predicted molar refractivity (Wildman–Crippen MR) is 88.5 cm³/mol. The quantitative estimate of drug-likeness (QED) is 0.923. The lowest BCUT2D eigenvalue weighted by Gasteiger charge is -2.15. The molecule has 2 N–H and O–H groups in total. The first-order valence-corrected chi connectivity index (χ1v) is 8.27. The van der Waals surface area contributed by atoms with E-state index in [1.165, 1.54) is 16.9 Å². The lowest BCUT2D eigenvalue weighted by atomic mass is 9.98. The summed E-state index contributed by atoms with van der Waals surface area (Å²) >= 11 is 1.61. The normalized spacial score (nSPS) is 18.5. The van der Waals surface area contributed by atoms with E-state index in [0.29, 0.717) is 11.5 Å². The van der Waals surface area contributed by atoms with Gasteiger partial charge in [-0.1, -0.05) is 12.1 Å². The van der Waals surface area contributed by atoms with Gasteiger partial charge in [0.15, 0.2) is 0 Å². The SMILES string of the molecule is COc1ccc(C2CCN(Cc3cc(C(N)=O)cs3)C2)cc1. The molecule has 5 heteroatoms. The molecule has 1 amide bonds. The molecule has 3 rings (SSSR count). The Balaban J connectivity index is 1.60. The minimum absolute atomic E-state index is 0.347. The van der Waals surface area contributed by atoms with Crippen molar-refractivity contribution >= 4 is 17.2 Å². The van der Waals surface area contributed by atoms with Crippen LogP contribution in [0.2, 0.25) is 0 Å². The Kier molecular flexibility index (Phi) is 4.45. The average Bonchev–Trinajstić information content (AvgIpc) is 3.17. The lowest BCUT2D eigenvalue weighted by molar-refractivity contribution is 0.100. The fourth-order valence-electron chi connectivity index (χ4n) is 2.94. The number of amides is 1. The average molecular weight is 316 g/mol. The molecule has 2 heterocycles. The number of carbonyl (C=O) groups is 1. The molecule has 0 saturated carbocycles. The summed E-state index contributed by atoms with van der Waals surface area (Å²) in [5.41, 5.74) is 7.29. The van der Waals surface area contributed by atoms with Crippen LogP contribution in [0.3, 0.4) is 0 Å². The number of benzene rings is 1. The monoisotopic (exact) mass is 316 g/mol. The first-order valence-electron chi connectivity index (χ1n) is 7.39. The van der Waals surface area contributed by atoms with E-state index < -0.39 is 0 Å². The molecule has 0 spiro atoms. The van der Waals surface area contributed by atoms with E-state index in [9.17, 15) is 4.79 Å². The van der Waals surface area contributed by atoms with Crippen molar-refractivity contribution in [1.29, 1.82) is 0 Å². The minimum Gasteiger partial charge on any atom is -0.497 e. The van der Waals surface area contributed by atoms with Gasteiger partial charge in [0.2, 0.25) is 5.91 Å². The van der Waals surface area contributed by atoms with Gasteiger partial charge in [0, 0.05) is 23.3 Å². The van der Waals surface area contributed by atoms with Crippen LogP contribution in [-0.2, 0) is 6.54 Å². The van der Waals surface area contributed by atoms with Crippen molar-refractivity contribution in [2.75, 3.05) is 20.2 Å². The second-order valence-corrected chi connectivity index (χ2v) is 6.66. The first kappa shape index (κ1) is 15.1. The summed E-state index contributed by atoms with van der Waals surface area (Å²) in [6.45, 7) is 3.03. The fourth-order valence-corrected chi connectivity index (χ4v) is 3.85. The summed E-state index contributed by atoms with van der Waals surface area (Å²) in [6.07, 6.45) is 1.17. The van der Waals surface area contributed by atoms with Crippen LogP contribution in [0, 0.1) is 0 Å². The Morgan fingerprint density at radius 3 is 2.82 bits per heavy atom. The molecule has 4 nitrogen and oxygen atoms in total. The number of likely N-dealkylation sites (tertiary alicyclic amines) is 1. The van der Waals surface area contributed by atoms with Crippen molar-refractivity contribution in [3.05, 3.63) is 51.7 Å². The Bertz CT molecular complexity index is 651. The van der Waals surface area contributed by atoms with Crippen LogP contribution < -0.4 is 10.5 Å². The Morgan fingerprint density at radius 2 is 2.18 bits per heavy atom. The van der Waals surface area contributed by atoms with Gasteiger partial charge >= 0.3 is 0 Å². The molecule has 116 valence electrons. The highest BCUT2D eigenvalue weighted by atomic mass is 32.1. The molecule has 1 aromatic carbocycles. The molecule has 1 aliphatic rings. The van der Waals surface area contributed by atoms with Crippen molar-refractivity contribution in [1.82, 2.24) is 4.90 Å². The second-order valence-electron chi connectivity index (χ2n) is 5.66. The molecule has 1 atom stereocenters. The molecule has 2 aromatic rings. The van der Waals surface area contributed by atoms with Gasteiger partial charge < -0.3 is 10.5 Å². The van der Waals surface area contributed by atoms with E-state index in [4.69, 9.17) is 10.5 Å². The van der Waals surface area contributed by atoms with E-state index in [1.807, 2.05) is 23.6 Å². The number of ether oxygens (including phenoxy) is 1. The van der Waals surface area contributed by atoms with E-state index in [1.54, 1.807) is 18.4 Å². The zero-order valence-electron chi connectivity index (χ0n) is 12.6. The van der Waals surface area contributed by atoms with Crippen LogP contribution in [-0.4, -0.2) is 31.0 Å². The zero-order chi connectivity index (χ0) is 15.5. The van der Waals surface area contributed by atoms with Crippen molar-refractivity contribution in [3.8, 4) is 5.75 Å². The number of rotatable bonds is 5. The molecule has 0 aliphatic carbocycles.